The van der Waals surface area contributed by atoms with Gasteiger partial charge in [0.15, 0.2) is 0 Å². The Bertz CT molecular complexity index is 904. The molecule has 150 valence electrons. The fraction of sp³-hybridized carbons (Fsp3) is 0.450. The predicted molar refractivity (Wildman–Crippen MR) is 106 cm³/mol. The van der Waals surface area contributed by atoms with Crippen molar-refractivity contribution in [3.8, 4) is 6.07 Å². The van der Waals surface area contributed by atoms with Crippen molar-refractivity contribution in [2.45, 2.75) is 25.3 Å². The van der Waals surface area contributed by atoms with Crippen LogP contribution in [0.25, 0.3) is 0 Å². The van der Waals surface area contributed by atoms with Gasteiger partial charge >= 0.3 is 0 Å². The van der Waals surface area contributed by atoms with Gasteiger partial charge < -0.3 is 10.2 Å². The van der Waals surface area contributed by atoms with Crippen molar-refractivity contribution in [2.75, 3.05) is 37.0 Å². The number of carbonyl (C=O) groups excluding carboxylic acids is 1. The number of nitrogens with one attached hydrogen (secondary N) is 1. The first-order chi connectivity index (χ1) is 14.2. The summed E-state index contributed by atoms with van der Waals surface area (Å²) in [7, 11) is 1.82. The molecule has 1 unspecified atom stereocenters. The van der Waals surface area contributed by atoms with Gasteiger partial charge in [0, 0.05) is 44.9 Å². The minimum absolute atomic E-state index is 0.0246. The predicted octanol–water partition coefficient (Wildman–Crippen LogP) is 1.91. The van der Waals surface area contributed by atoms with E-state index < -0.39 is 0 Å². The summed E-state index contributed by atoms with van der Waals surface area (Å²) >= 11 is 0. The zero-order valence-electron chi connectivity index (χ0n) is 16.3. The number of nitriles is 1. The minimum Gasteiger partial charge on any atom is -0.373 e. The van der Waals surface area contributed by atoms with Gasteiger partial charge in [0.2, 0.25) is 11.9 Å². The second kappa shape index (κ2) is 8.41. The van der Waals surface area contributed by atoms with Gasteiger partial charge in [-0.05, 0) is 30.5 Å². The number of carbonyl (C=O) groups is 1. The molecule has 2 saturated heterocycles. The van der Waals surface area contributed by atoms with Crippen LogP contribution in [0, 0.1) is 17.2 Å². The molecule has 1 amide bonds. The smallest absolute Gasteiger partial charge is 0.249 e. The highest BCUT2D eigenvalue weighted by atomic mass is 16.7. The molecule has 2 aromatic heterocycles. The highest BCUT2D eigenvalue weighted by molar-refractivity contribution is 5.79. The molecular weight excluding hydrogens is 370 g/mol. The lowest BCUT2D eigenvalue weighted by Crippen LogP contribution is -2.42. The summed E-state index contributed by atoms with van der Waals surface area (Å²) in [5.41, 5.74) is 1.33. The third-order valence-corrected chi connectivity index (χ3v) is 5.43. The Morgan fingerprint density at radius 3 is 2.76 bits per heavy atom. The summed E-state index contributed by atoms with van der Waals surface area (Å²) in [4.78, 5) is 33.7. The van der Waals surface area contributed by atoms with Crippen LogP contribution in [0.3, 0.4) is 0 Å². The molecular formula is C20H23N7O2. The molecule has 1 N–H and O–H groups in total. The number of nitrogens with zero attached hydrogens (tertiary/aromatic N) is 6. The van der Waals surface area contributed by atoms with E-state index in [0.29, 0.717) is 44.2 Å². The van der Waals surface area contributed by atoms with Crippen molar-refractivity contribution in [1.29, 1.82) is 5.26 Å². The van der Waals surface area contributed by atoms with Crippen LogP contribution in [-0.4, -0.2) is 52.7 Å². The van der Waals surface area contributed by atoms with E-state index in [1.807, 2.05) is 30.1 Å². The highest BCUT2D eigenvalue weighted by Gasteiger charge is 2.37. The Kier molecular flexibility index (Phi) is 5.53. The lowest BCUT2D eigenvalue weighted by Gasteiger charge is -2.34. The van der Waals surface area contributed by atoms with Crippen LogP contribution in [0.2, 0.25) is 0 Å². The van der Waals surface area contributed by atoms with Crippen LogP contribution in [0.5, 0.6) is 0 Å². The van der Waals surface area contributed by atoms with Gasteiger partial charge in [0.05, 0.1) is 12.6 Å². The fourth-order valence-electron chi connectivity index (χ4n) is 3.81. The molecule has 0 aliphatic carbocycles. The number of hydrogen-bond acceptors (Lipinski definition) is 8. The van der Waals surface area contributed by atoms with Crippen molar-refractivity contribution >= 4 is 17.7 Å². The number of piperidine rings is 1. The maximum atomic E-state index is 13.1. The summed E-state index contributed by atoms with van der Waals surface area (Å²) < 4.78 is 0. The van der Waals surface area contributed by atoms with Crippen molar-refractivity contribution in [2.24, 2.45) is 5.92 Å². The van der Waals surface area contributed by atoms with Gasteiger partial charge in [-0.2, -0.15) is 5.26 Å². The van der Waals surface area contributed by atoms with Crippen LogP contribution in [0.15, 0.2) is 30.6 Å². The molecule has 0 radical (unpaired) electrons. The van der Waals surface area contributed by atoms with Gasteiger partial charge in [-0.3, -0.25) is 9.63 Å². The summed E-state index contributed by atoms with van der Waals surface area (Å²) in [5.74, 6) is 1.26. The van der Waals surface area contributed by atoms with Gasteiger partial charge in [0.25, 0.3) is 0 Å². The lowest BCUT2D eigenvalue weighted by atomic mass is 9.95. The minimum atomic E-state index is -0.102. The number of hydroxylamine groups is 2. The van der Waals surface area contributed by atoms with Gasteiger partial charge in [-0.25, -0.2) is 20.0 Å². The summed E-state index contributed by atoms with van der Waals surface area (Å²) in [6.45, 7) is 1.86. The van der Waals surface area contributed by atoms with Gasteiger partial charge in [-0.15, -0.1) is 0 Å². The third kappa shape index (κ3) is 3.98. The molecule has 0 bridgehead atoms. The van der Waals surface area contributed by atoms with Crippen molar-refractivity contribution in [3.63, 3.8) is 0 Å². The zero-order chi connectivity index (χ0) is 20.2. The Balaban J connectivity index is 1.40. The number of aromatic nitrogens is 3. The first-order valence-electron chi connectivity index (χ1n) is 9.77. The van der Waals surface area contributed by atoms with Crippen molar-refractivity contribution < 1.29 is 9.63 Å². The Morgan fingerprint density at radius 1 is 1.24 bits per heavy atom. The van der Waals surface area contributed by atoms with Crippen molar-refractivity contribution in [1.82, 2.24) is 20.0 Å². The second-order valence-electron chi connectivity index (χ2n) is 7.14. The summed E-state index contributed by atoms with van der Waals surface area (Å²) in [6.07, 6.45) is 5.55. The fourth-order valence-corrected chi connectivity index (χ4v) is 3.81. The maximum absolute atomic E-state index is 13.1. The van der Waals surface area contributed by atoms with Crippen LogP contribution < -0.4 is 10.2 Å². The number of amides is 1. The molecule has 1 atom stereocenters. The zero-order valence-corrected chi connectivity index (χ0v) is 16.3. The van der Waals surface area contributed by atoms with E-state index in [2.05, 4.69) is 20.3 Å². The summed E-state index contributed by atoms with van der Waals surface area (Å²) in [5, 5.41) is 13.6. The van der Waals surface area contributed by atoms with E-state index in [4.69, 9.17) is 10.1 Å². The molecule has 2 aromatic rings. The Labute approximate surface area is 169 Å². The molecule has 4 heterocycles. The van der Waals surface area contributed by atoms with E-state index >= 15 is 0 Å². The van der Waals surface area contributed by atoms with Crippen molar-refractivity contribution in [3.05, 3.63) is 41.9 Å². The van der Waals surface area contributed by atoms with E-state index in [1.165, 1.54) is 0 Å². The van der Waals surface area contributed by atoms with E-state index in [1.54, 1.807) is 23.5 Å². The molecule has 4 rings (SSSR count). The third-order valence-electron chi connectivity index (χ3n) is 5.43. The maximum Gasteiger partial charge on any atom is 0.249 e. The second-order valence-corrected chi connectivity index (χ2v) is 7.14. The molecule has 0 spiro atoms. The van der Waals surface area contributed by atoms with Crippen LogP contribution in [0.1, 0.15) is 36.6 Å². The topological polar surface area (TPSA) is 107 Å². The summed E-state index contributed by atoms with van der Waals surface area (Å²) in [6, 6.07) is 7.41. The molecule has 9 nitrogen and oxygen atoms in total. The SMILES string of the molecule is CNc1ccc(C2CCON2C(=O)C2CCN(c3nccc(C#N)n3)CC2)cn1. The molecule has 0 aromatic carbocycles. The van der Waals surface area contributed by atoms with E-state index in [0.717, 1.165) is 17.8 Å². The monoisotopic (exact) mass is 393 g/mol. The number of hydrogen-bond donors (Lipinski definition) is 1. The first kappa shape index (κ1) is 19.1. The van der Waals surface area contributed by atoms with Crippen LogP contribution in [-0.2, 0) is 9.63 Å². The number of anilines is 2. The van der Waals surface area contributed by atoms with Crippen LogP contribution >= 0.6 is 0 Å². The highest BCUT2D eigenvalue weighted by Crippen LogP contribution is 2.33. The van der Waals surface area contributed by atoms with Gasteiger partial charge in [0.1, 0.15) is 17.6 Å². The van der Waals surface area contributed by atoms with Crippen LogP contribution in [0.4, 0.5) is 11.8 Å². The average Bonchev–Trinajstić information content (AvgIpc) is 3.28. The quantitative estimate of drug-likeness (QED) is 0.839. The van der Waals surface area contributed by atoms with E-state index in [-0.39, 0.29) is 17.9 Å². The standard InChI is InChI=1S/C20H23N7O2/c1-22-18-3-2-15(13-24-18)17-7-11-29-27(17)19(28)14-5-9-26(10-6-14)20-23-8-4-16(12-21)25-20/h2-4,8,13-14,17H,5-7,9-11H2,1H3,(H,22,24). The number of pyridine rings is 1. The Morgan fingerprint density at radius 2 is 2.07 bits per heavy atom. The average molecular weight is 393 g/mol. The molecule has 2 aliphatic rings. The molecule has 2 fully saturated rings. The molecule has 9 heteroatoms. The molecule has 2 aliphatic heterocycles. The van der Waals surface area contributed by atoms with Gasteiger partial charge in [-0.1, -0.05) is 6.07 Å². The van der Waals surface area contributed by atoms with E-state index in [9.17, 15) is 4.79 Å². The normalized spacial score (nSPS) is 19.8. The molecule has 29 heavy (non-hydrogen) atoms. The largest absolute Gasteiger partial charge is 0.373 e. The first-order valence-corrected chi connectivity index (χ1v) is 9.77. The number of rotatable bonds is 4. The molecule has 0 saturated carbocycles. The lowest BCUT2D eigenvalue weighted by molar-refractivity contribution is -0.182. The Hall–Kier alpha value is -3.25.